The second-order valence-electron chi connectivity index (χ2n) is 2.84. The first-order valence-corrected chi connectivity index (χ1v) is 4.79. The highest BCUT2D eigenvalue weighted by Crippen LogP contribution is 2.19. The molecule has 0 unspecified atom stereocenters. The molecule has 15 heavy (non-hydrogen) atoms. The molecule has 0 bridgehead atoms. The van der Waals surface area contributed by atoms with E-state index in [0.717, 1.165) is 11.3 Å². The molecule has 2 heterocycles. The molecule has 0 atom stereocenters. The number of aromatic amines is 2. The van der Waals surface area contributed by atoms with E-state index in [0.29, 0.717) is 15.2 Å². The fourth-order valence-electron chi connectivity index (χ4n) is 1.17. The molecular weight excluding hydrogens is 218 g/mol. The number of nitrogens with two attached hydrogens (primary N) is 2. The standard InChI is InChI=1S/C7H7N5O2S/c8-6(9)11-3-1-2-4(15-3)5(13)12-7(14)10-2/h1H,(H4,8,9,11)(H2,10,12,13,14)/p+1. The summed E-state index contributed by atoms with van der Waals surface area (Å²) in [6, 6.07) is 1.59. The van der Waals surface area contributed by atoms with Gasteiger partial charge in [-0.15, -0.1) is 0 Å². The number of aromatic nitrogens is 2. The second kappa shape index (κ2) is 3.24. The lowest BCUT2D eigenvalue weighted by Crippen LogP contribution is -2.71. The Labute approximate surface area is 86.5 Å². The molecule has 0 aromatic carbocycles. The first kappa shape index (κ1) is 9.46. The van der Waals surface area contributed by atoms with E-state index in [-0.39, 0.29) is 5.96 Å². The molecule has 0 saturated heterocycles. The molecule has 2 rings (SSSR count). The van der Waals surface area contributed by atoms with Crippen molar-refractivity contribution in [3.05, 3.63) is 26.9 Å². The molecule has 8 heteroatoms. The minimum atomic E-state index is -0.540. The summed E-state index contributed by atoms with van der Waals surface area (Å²) >= 11 is 1.16. The molecule has 7 nitrogen and oxygen atoms in total. The van der Waals surface area contributed by atoms with Crippen LogP contribution in [-0.2, 0) is 0 Å². The molecule has 0 amide bonds. The van der Waals surface area contributed by atoms with E-state index < -0.39 is 11.2 Å². The summed E-state index contributed by atoms with van der Waals surface area (Å²) in [4.78, 5) is 29.6. The monoisotopic (exact) mass is 226 g/mol. The molecular formula is C7H8N5O2S+. The number of nitrogens with one attached hydrogen (secondary N) is 3. The average Bonchev–Trinajstić information content (AvgIpc) is 2.45. The van der Waals surface area contributed by atoms with Crippen molar-refractivity contribution in [1.29, 1.82) is 0 Å². The summed E-state index contributed by atoms with van der Waals surface area (Å²) in [5.74, 6) is 0.0281. The first-order valence-electron chi connectivity index (χ1n) is 3.97. The van der Waals surface area contributed by atoms with Gasteiger partial charge in [-0.1, -0.05) is 11.3 Å². The van der Waals surface area contributed by atoms with E-state index in [1.54, 1.807) is 6.07 Å². The Morgan fingerprint density at radius 1 is 1.33 bits per heavy atom. The molecule has 78 valence electrons. The normalized spacial score (nSPS) is 10.4. The van der Waals surface area contributed by atoms with Gasteiger partial charge in [0.15, 0.2) is 5.00 Å². The van der Waals surface area contributed by atoms with Crippen LogP contribution in [0.3, 0.4) is 0 Å². The Morgan fingerprint density at radius 2 is 2.07 bits per heavy atom. The molecule has 0 aliphatic carbocycles. The number of guanidine groups is 1. The number of rotatable bonds is 1. The lowest BCUT2D eigenvalue weighted by molar-refractivity contribution is -0.350. The highest BCUT2D eigenvalue weighted by Gasteiger charge is 2.06. The van der Waals surface area contributed by atoms with Crippen LogP contribution in [0.5, 0.6) is 0 Å². The van der Waals surface area contributed by atoms with Gasteiger partial charge in [0.2, 0.25) is 0 Å². The topological polar surface area (TPSA) is 132 Å². The fourth-order valence-corrected chi connectivity index (χ4v) is 2.10. The number of fused-ring (bicyclic) bond motifs is 1. The zero-order chi connectivity index (χ0) is 11.0. The maximum absolute atomic E-state index is 11.3. The third-order valence-electron chi connectivity index (χ3n) is 1.68. The SMILES string of the molecule is NC(N)=[NH+]c1cc2[nH]c(=O)[nH]c(=O)c2s1. The van der Waals surface area contributed by atoms with Crippen LogP contribution in [0.1, 0.15) is 0 Å². The second-order valence-corrected chi connectivity index (χ2v) is 3.89. The van der Waals surface area contributed by atoms with Gasteiger partial charge in [0.1, 0.15) is 4.70 Å². The maximum Gasteiger partial charge on any atom is 0.344 e. The zero-order valence-corrected chi connectivity index (χ0v) is 8.27. The van der Waals surface area contributed by atoms with Crippen LogP contribution >= 0.6 is 11.3 Å². The molecule has 7 N–H and O–H groups in total. The van der Waals surface area contributed by atoms with Crippen molar-refractivity contribution in [2.45, 2.75) is 0 Å². The molecule has 0 saturated carbocycles. The highest BCUT2D eigenvalue weighted by molar-refractivity contribution is 7.21. The van der Waals surface area contributed by atoms with Gasteiger partial charge in [-0.25, -0.2) is 9.79 Å². The zero-order valence-electron chi connectivity index (χ0n) is 7.46. The van der Waals surface area contributed by atoms with Crippen molar-refractivity contribution in [3.8, 4) is 0 Å². The van der Waals surface area contributed by atoms with Gasteiger partial charge >= 0.3 is 11.6 Å². The summed E-state index contributed by atoms with van der Waals surface area (Å²) in [5, 5.41) is 0.595. The molecule has 2 aromatic rings. The lowest BCUT2D eigenvalue weighted by atomic mass is 10.5. The Kier molecular flexibility index (Phi) is 2.05. The van der Waals surface area contributed by atoms with Gasteiger partial charge in [0.25, 0.3) is 5.56 Å². The van der Waals surface area contributed by atoms with Gasteiger partial charge in [-0.3, -0.25) is 21.2 Å². The summed E-state index contributed by atoms with van der Waals surface area (Å²) in [5.41, 5.74) is 9.98. The van der Waals surface area contributed by atoms with Gasteiger partial charge in [-0.2, -0.15) is 0 Å². The summed E-state index contributed by atoms with van der Waals surface area (Å²) in [7, 11) is 0. The molecule has 0 fully saturated rings. The minimum absolute atomic E-state index is 0.0281. The lowest BCUT2D eigenvalue weighted by Gasteiger charge is -1.84. The number of H-pyrrole nitrogens is 2. The van der Waals surface area contributed by atoms with Crippen molar-refractivity contribution in [2.75, 3.05) is 0 Å². The van der Waals surface area contributed by atoms with Crippen molar-refractivity contribution in [3.63, 3.8) is 0 Å². The fraction of sp³-hybridized carbons (Fsp3) is 0. The van der Waals surface area contributed by atoms with E-state index in [4.69, 9.17) is 11.5 Å². The van der Waals surface area contributed by atoms with Crippen LogP contribution in [-0.4, -0.2) is 15.9 Å². The van der Waals surface area contributed by atoms with E-state index in [1.807, 2.05) is 0 Å². The van der Waals surface area contributed by atoms with E-state index in [9.17, 15) is 9.59 Å². The summed E-state index contributed by atoms with van der Waals surface area (Å²) in [6.07, 6.45) is 0. The van der Waals surface area contributed by atoms with Crippen molar-refractivity contribution >= 4 is 32.5 Å². The minimum Gasteiger partial charge on any atom is -0.306 e. The summed E-state index contributed by atoms with van der Waals surface area (Å²) in [6.45, 7) is 0. The maximum atomic E-state index is 11.3. The van der Waals surface area contributed by atoms with Gasteiger partial charge in [0.05, 0.1) is 5.52 Å². The molecule has 0 aliphatic heterocycles. The van der Waals surface area contributed by atoms with Gasteiger partial charge in [-0.05, 0) is 0 Å². The number of hydrogen-bond donors (Lipinski definition) is 5. The van der Waals surface area contributed by atoms with E-state index >= 15 is 0 Å². The van der Waals surface area contributed by atoms with Crippen LogP contribution < -0.4 is 27.7 Å². The van der Waals surface area contributed by atoms with Crippen LogP contribution in [0.4, 0.5) is 5.00 Å². The van der Waals surface area contributed by atoms with Crippen molar-refractivity contribution < 1.29 is 4.99 Å². The highest BCUT2D eigenvalue weighted by atomic mass is 32.1. The van der Waals surface area contributed by atoms with Crippen molar-refractivity contribution in [1.82, 2.24) is 9.97 Å². The first-order chi connectivity index (χ1) is 7.06. The van der Waals surface area contributed by atoms with Gasteiger partial charge < -0.3 is 4.98 Å². The molecule has 0 radical (unpaired) electrons. The molecule has 2 aromatic heterocycles. The van der Waals surface area contributed by atoms with E-state index in [2.05, 4.69) is 15.0 Å². The third kappa shape index (κ3) is 1.74. The Morgan fingerprint density at radius 3 is 2.73 bits per heavy atom. The van der Waals surface area contributed by atoms with Crippen molar-refractivity contribution in [2.24, 2.45) is 11.5 Å². The summed E-state index contributed by atoms with van der Waals surface area (Å²) < 4.78 is 0.415. The average molecular weight is 226 g/mol. The van der Waals surface area contributed by atoms with Crippen LogP contribution in [0, 0.1) is 0 Å². The van der Waals surface area contributed by atoms with Crippen LogP contribution in [0.15, 0.2) is 15.7 Å². The smallest absolute Gasteiger partial charge is 0.306 e. The Bertz CT molecular complexity index is 645. The largest absolute Gasteiger partial charge is 0.344 e. The van der Waals surface area contributed by atoms with Gasteiger partial charge in [0, 0.05) is 6.07 Å². The predicted octanol–water partition coefficient (Wildman–Crippen LogP) is -2.74. The molecule has 0 spiro atoms. The third-order valence-corrected chi connectivity index (χ3v) is 2.73. The Hall–Kier alpha value is -2.09. The quantitative estimate of drug-likeness (QED) is 0.266. The number of hydrogen-bond acceptors (Lipinski definition) is 3. The van der Waals surface area contributed by atoms with Crippen LogP contribution in [0.25, 0.3) is 10.2 Å². The number of thiophene rings is 1. The van der Waals surface area contributed by atoms with E-state index in [1.165, 1.54) is 0 Å². The molecule has 0 aliphatic rings. The Balaban J connectivity index is 2.76. The predicted molar refractivity (Wildman–Crippen MR) is 57.1 cm³/mol. The van der Waals surface area contributed by atoms with Crippen LogP contribution in [0.2, 0.25) is 0 Å².